The Morgan fingerprint density at radius 3 is 2.17 bits per heavy atom. The third-order valence-corrected chi connectivity index (χ3v) is 7.72. The van der Waals surface area contributed by atoms with E-state index < -0.39 is 15.9 Å². The first-order valence-electron chi connectivity index (χ1n) is 11.7. The molecule has 36 heavy (non-hydrogen) atoms. The second kappa shape index (κ2) is 11.3. The fourth-order valence-electron chi connectivity index (χ4n) is 3.69. The molecule has 0 atom stereocenters. The predicted molar refractivity (Wildman–Crippen MR) is 137 cm³/mol. The quantitative estimate of drug-likeness (QED) is 0.336. The average molecular weight is 505 g/mol. The molecule has 1 amide bonds. The maximum absolute atomic E-state index is 13.1. The number of benzene rings is 3. The van der Waals surface area contributed by atoms with Gasteiger partial charge in [0.2, 0.25) is 15.9 Å². The summed E-state index contributed by atoms with van der Waals surface area (Å²) < 4.78 is 33.2. The molecule has 0 fully saturated rings. The number of aryl methyl sites for hydroxylation is 1. The van der Waals surface area contributed by atoms with Crippen LogP contribution in [0.5, 0.6) is 0 Å². The van der Waals surface area contributed by atoms with Crippen LogP contribution in [-0.2, 0) is 29.4 Å². The molecule has 0 saturated heterocycles. The number of rotatable bonds is 10. The van der Waals surface area contributed by atoms with Crippen LogP contribution in [0.3, 0.4) is 0 Å². The Bertz CT molecular complexity index is 1400. The number of aromatic nitrogens is 2. The molecule has 0 unspecified atom stereocenters. The minimum Gasteiger partial charge on any atom is -0.407 e. The summed E-state index contributed by atoms with van der Waals surface area (Å²) in [6.07, 6.45) is 1.42. The van der Waals surface area contributed by atoms with Crippen LogP contribution in [0, 0.1) is 0 Å². The molecule has 0 aliphatic rings. The van der Waals surface area contributed by atoms with E-state index in [0.717, 1.165) is 17.5 Å². The summed E-state index contributed by atoms with van der Waals surface area (Å²) in [5, 5.41) is 10.5. The van der Waals surface area contributed by atoms with E-state index in [1.165, 1.54) is 34.1 Å². The monoisotopic (exact) mass is 504 g/mol. The number of hydrogen-bond donors (Lipinski definition) is 1. The number of amides is 1. The summed E-state index contributed by atoms with van der Waals surface area (Å²) >= 11 is 0. The minimum absolute atomic E-state index is 0.0168. The van der Waals surface area contributed by atoms with Gasteiger partial charge in [0.05, 0.1) is 11.3 Å². The Labute approximate surface area is 211 Å². The Hall–Kier alpha value is -3.82. The molecular weight excluding hydrogens is 476 g/mol. The van der Waals surface area contributed by atoms with Gasteiger partial charge in [-0.3, -0.25) is 10.1 Å². The molecule has 1 aromatic heterocycles. The SMILES string of the molecule is CCc1ccc(Cc2nnc(NC(=O)c3ccc(S(=O)(=O)N(CC)Cc4ccccc4)cc3)o2)cc1. The molecular formula is C27H28N4O4S. The van der Waals surface area contributed by atoms with Gasteiger partial charge >= 0.3 is 6.01 Å². The summed E-state index contributed by atoms with van der Waals surface area (Å²) in [5.74, 6) is -0.0906. The highest BCUT2D eigenvalue weighted by atomic mass is 32.2. The maximum Gasteiger partial charge on any atom is 0.322 e. The molecule has 9 heteroatoms. The van der Waals surface area contributed by atoms with Gasteiger partial charge in [0.15, 0.2) is 0 Å². The first kappa shape index (κ1) is 25.3. The summed E-state index contributed by atoms with van der Waals surface area (Å²) in [5.41, 5.74) is 3.44. The number of sulfonamides is 1. The zero-order valence-corrected chi connectivity index (χ0v) is 21.0. The van der Waals surface area contributed by atoms with E-state index in [4.69, 9.17) is 4.42 Å². The Morgan fingerprint density at radius 1 is 0.861 bits per heavy atom. The van der Waals surface area contributed by atoms with Gasteiger partial charge in [0, 0.05) is 18.7 Å². The lowest BCUT2D eigenvalue weighted by molar-refractivity contribution is 0.102. The first-order valence-corrected chi connectivity index (χ1v) is 13.2. The Balaban J connectivity index is 1.40. The molecule has 3 aromatic carbocycles. The van der Waals surface area contributed by atoms with E-state index in [9.17, 15) is 13.2 Å². The predicted octanol–water partition coefficient (Wildman–Crippen LogP) is 4.69. The van der Waals surface area contributed by atoms with Crippen molar-refractivity contribution >= 4 is 21.9 Å². The third kappa shape index (κ3) is 6.05. The van der Waals surface area contributed by atoms with Crippen LogP contribution < -0.4 is 5.32 Å². The Kier molecular flexibility index (Phi) is 7.92. The van der Waals surface area contributed by atoms with Gasteiger partial charge in [0.25, 0.3) is 5.91 Å². The number of hydrogen-bond acceptors (Lipinski definition) is 6. The van der Waals surface area contributed by atoms with Crippen LogP contribution in [0.15, 0.2) is 88.2 Å². The molecule has 0 aliphatic carbocycles. The van der Waals surface area contributed by atoms with Crippen LogP contribution in [0.2, 0.25) is 0 Å². The van der Waals surface area contributed by atoms with Gasteiger partial charge in [0.1, 0.15) is 0 Å². The van der Waals surface area contributed by atoms with Crippen molar-refractivity contribution in [3.05, 3.63) is 107 Å². The molecule has 4 rings (SSSR count). The fraction of sp³-hybridized carbons (Fsp3) is 0.222. The molecule has 1 heterocycles. The third-order valence-electron chi connectivity index (χ3n) is 5.78. The Morgan fingerprint density at radius 2 is 1.53 bits per heavy atom. The minimum atomic E-state index is -3.72. The van der Waals surface area contributed by atoms with E-state index >= 15 is 0 Å². The highest BCUT2D eigenvalue weighted by molar-refractivity contribution is 7.89. The van der Waals surface area contributed by atoms with E-state index in [0.29, 0.717) is 18.9 Å². The molecule has 0 aliphatic heterocycles. The lowest BCUT2D eigenvalue weighted by atomic mass is 10.1. The largest absolute Gasteiger partial charge is 0.407 e. The lowest BCUT2D eigenvalue weighted by Gasteiger charge is -2.20. The number of nitrogens with zero attached hydrogens (tertiary/aromatic N) is 3. The summed E-state index contributed by atoms with van der Waals surface area (Å²) in [4.78, 5) is 12.8. The summed E-state index contributed by atoms with van der Waals surface area (Å²) in [6, 6.07) is 23.3. The van der Waals surface area contributed by atoms with Gasteiger partial charge in [-0.15, -0.1) is 5.10 Å². The van der Waals surface area contributed by atoms with Gasteiger partial charge in [-0.25, -0.2) is 8.42 Å². The van der Waals surface area contributed by atoms with Gasteiger partial charge < -0.3 is 4.42 Å². The van der Waals surface area contributed by atoms with Crippen LogP contribution in [0.25, 0.3) is 0 Å². The molecule has 186 valence electrons. The van der Waals surface area contributed by atoms with Gasteiger partial charge in [-0.05, 0) is 47.4 Å². The molecule has 0 radical (unpaired) electrons. The molecule has 1 N–H and O–H groups in total. The van der Waals surface area contributed by atoms with Crippen molar-refractivity contribution in [1.82, 2.24) is 14.5 Å². The average Bonchev–Trinajstić information content (AvgIpc) is 3.34. The van der Waals surface area contributed by atoms with Crippen LogP contribution in [-0.4, -0.2) is 35.4 Å². The normalized spacial score (nSPS) is 11.5. The van der Waals surface area contributed by atoms with Gasteiger partial charge in [-0.1, -0.05) is 73.5 Å². The number of nitrogens with one attached hydrogen (secondary N) is 1. The van der Waals surface area contributed by atoms with Crippen molar-refractivity contribution in [2.75, 3.05) is 11.9 Å². The molecule has 4 aromatic rings. The fourth-order valence-corrected chi connectivity index (χ4v) is 5.13. The summed E-state index contributed by atoms with van der Waals surface area (Å²) in [7, 11) is -3.72. The topological polar surface area (TPSA) is 105 Å². The second-order valence-corrected chi connectivity index (χ2v) is 10.2. The van der Waals surface area contributed by atoms with Gasteiger partial charge in [-0.2, -0.15) is 4.31 Å². The summed E-state index contributed by atoms with van der Waals surface area (Å²) in [6.45, 7) is 4.48. The number of carbonyl (C=O) groups is 1. The zero-order valence-electron chi connectivity index (χ0n) is 20.2. The van der Waals surface area contributed by atoms with Crippen molar-refractivity contribution in [2.45, 2.75) is 38.1 Å². The van der Waals surface area contributed by atoms with E-state index in [-0.39, 0.29) is 23.0 Å². The molecule has 0 bridgehead atoms. The van der Waals surface area contributed by atoms with E-state index in [1.807, 2.05) is 42.5 Å². The highest BCUT2D eigenvalue weighted by Gasteiger charge is 2.23. The van der Waals surface area contributed by atoms with Crippen molar-refractivity contribution < 1.29 is 17.6 Å². The molecule has 8 nitrogen and oxygen atoms in total. The molecule has 0 saturated carbocycles. The number of carbonyl (C=O) groups excluding carboxylic acids is 1. The van der Waals surface area contributed by atoms with Crippen LogP contribution >= 0.6 is 0 Å². The smallest absolute Gasteiger partial charge is 0.322 e. The van der Waals surface area contributed by atoms with Crippen molar-refractivity contribution in [3.63, 3.8) is 0 Å². The van der Waals surface area contributed by atoms with Crippen LogP contribution in [0.4, 0.5) is 6.01 Å². The van der Waals surface area contributed by atoms with Crippen molar-refractivity contribution in [1.29, 1.82) is 0 Å². The number of anilines is 1. The zero-order chi connectivity index (χ0) is 25.5. The second-order valence-electron chi connectivity index (χ2n) is 8.24. The first-order chi connectivity index (χ1) is 17.4. The standard InChI is InChI=1S/C27H28N4O4S/c1-3-20-10-12-21(13-11-20)18-25-29-30-27(35-25)28-26(32)23-14-16-24(17-15-23)36(33,34)31(4-2)19-22-8-6-5-7-9-22/h5-17H,3-4,18-19H2,1-2H3,(H,28,30,32). The maximum atomic E-state index is 13.1. The van der Waals surface area contributed by atoms with Crippen molar-refractivity contribution in [3.8, 4) is 0 Å². The van der Waals surface area contributed by atoms with E-state index in [2.05, 4.69) is 34.6 Å². The van der Waals surface area contributed by atoms with Crippen molar-refractivity contribution in [2.24, 2.45) is 0 Å². The van der Waals surface area contributed by atoms with E-state index in [1.54, 1.807) is 6.92 Å². The van der Waals surface area contributed by atoms with Crippen LogP contribution in [0.1, 0.15) is 46.8 Å². The molecule has 0 spiro atoms. The highest BCUT2D eigenvalue weighted by Crippen LogP contribution is 2.20. The lowest BCUT2D eigenvalue weighted by Crippen LogP contribution is -2.30.